The lowest BCUT2D eigenvalue weighted by molar-refractivity contribution is -0.118. The monoisotopic (exact) mass is 342 g/mol. The van der Waals surface area contributed by atoms with Crippen LogP contribution < -0.4 is 10.6 Å². The summed E-state index contributed by atoms with van der Waals surface area (Å²) in [5.74, 6) is -0.238. The summed E-state index contributed by atoms with van der Waals surface area (Å²) in [4.78, 5) is 32.5. The van der Waals surface area contributed by atoms with Crippen LogP contribution in [0.15, 0.2) is 48.8 Å². The predicted molar refractivity (Wildman–Crippen MR) is 94.0 cm³/mol. The SMILES string of the molecule is CC(C)(C)OC(=O)N[C@@H](Cc1ccccc1)C(=O)Nc1ncccn1. The van der Waals surface area contributed by atoms with E-state index in [9.17, 15) is 9.59 Å². The number of aromatic nitrogens is 2. The summed E-state index contributed by atoms with van der Waals surface area (Å²) in [7, 11) is 0. The molecule has 0 bridgehead atoms. The maximum absolute atomic E-state index is 12.6. The van der Waals surface area contributed by atoms with E-state index in [1.165, 1.54) is 12.4 Å². The van der Waals surface area contributed by atoms with E-state index in [0.29, 0.717) is 6.42 Å². The van der Waals surface area contributed by atoms with Gasteiger partial charge in [-0.25, -0.2) is 14.8 Å². The van der Waals surface area contributed by atoms with Gasteiger partial charge in [0.15, 0.2) is 0 Å². The highest BCUT2D eigenvalue weighted by molar-refractivity contribution is 5.95. The van der Waals surface area contributed by atoms with Gasteiger partial charge in [0.25, 0.3) is 0 Å². The van der Waals surface area contributed by atoms with Gasteiger partial charge in [-0.3, -0.25) is 10.1 Å². The number of hydrogen-bond acceptors (Lipinski definition) is 5. The highest BCUT2D eigenvalue weighted by Gasteiger charge is 2.25. The van der Waals surface area contributed by atoms with Crippen molar-refractivity contribution in [3.05, 3.63) is 54.4 Å². The zero-order valence-corrected chi connectivity index (χ0v) is 14.5. The third-order valence-corrected chi connectivity index (χ3v) is 3.09. The maximum atomic E-state index is 12.6. The third kappa shape index (κ3) is 6.58. The summed E-state index contributed by atoms with van der Waals surface area (Å²) in [5, 5.41) is 5.21. The van der Waals surface area contributed by atoms with Crippen LogP contribution in [-0.2, 0) is 16.0 Å². The van der Waals surface area contributed by atoms with Crippen molar-refractivity contribution in [2.24, 2.45) is 0 Å². The lowest BCUT2D eigenvalue weighted by atomic mass is 10.1. The lowest BCUT2D eigenvalue weighted by Gasteiger charge is -2.23. The molecule has 0 aliphatic heterocycles. The molecule has 0 fully saturated rings. The summed E-state index contributed by atoms with van der Waals surface area (Å²) >= 11 is 0. The first-order chi connectivity index (χ1) is 11.8. The predicted octanol–water partition coefficient (Wildman–Crippen LogP) is 2.55. The topological polar surface area (TPSA) is 93.2 Å². The maximum Gasteiger partial charge on any atom is 0.408 e. The number of carbonyl (C=O) groups excluding carboxylic acids is 2. The van der Waals surface area contributed by atoms with Crippen LogP contribution in [0, 0.1) is 0 Å². The minimum Gasteiger partial charge on any atom is -0.444 e. The Balaban J connectivity index is 2.10. The zero-order valence-electron chi connectivity index (χ0n) is 14.5. The molecule has 7 heteroatoms. The van der Waals surface area contributed by atoms with Gasteiger partial charge in [-0.2, -0.15) is 0 Å². The Morgan fingerprint density at radius 1 is 1.08 bits per heavy atom. The van der Waals surface area contributed by atoms with Gasteiger partial charge >= 0.3 is 6.09 Å². The largest absolute Gasteiger partial charge is 0.444 e. The average Bonchev–Trinajstić information content (AvgIpc) is 2.54. The molecule has 1 atom stereocenters. The molecule has 2 amide bonds. The van der Waals surface area contributed by atoms with Crippen LogP contribution in [0.2, 0.25) is 0 Å². The third-order valence-electron chi connectivity index (χ3n) is 3.09. The molecule has 0 saturated carbocycles. The van der Waals surface area contributed by atoms with Crippen molar-refractivity contribution in [2.75, 3.05) is 5.32 Å². The Bertz CT molecular complexity index is 699. The number of nitrogens with one attached hydrogen (secondary N) is 2. The van der Waals surface area contributed by atoms with E-state index in [4.69, 9.17) is 4.74 Å². The first kappa shape index (κ1) is 18.4. The Labute approximate surface area is 146 Å². The highest BCUT2D eigenvalue weighted by atomic mass is 16.6. The van der Waals surface area contributed by atoms with E-state index in [1.807, 2.05) is 30.3 Å². The number of nitrogens with zero attached hydrogens (tertiary/aromatic N) is 2. The van der Waals surface area contributed by atoms with E-state index in [-0.39, 0.29) is 5.95 Å². The Morgan fingerprint density at radius 3 is 2.32 bits per heavy atom. The van der Waals surface area contributed by atoms with Crippen molar-refractivity contribution >= 4 is 17.9 Å². The molecule has 0 aliphatic rings. The summed E-state index contributed by atoms with van der Waals surface area (Å²) in [6.07, 6.45) is 2.71. The van der Waals surface area contributed by atoms with Gasteiger partial charge in [-0.15, -0.1) is 0 Å². The van der Waals surface area contributed by atoms with E-state index in [0.717, 1.165) is 5.56 Å². The molecule has 0 radical (unpaired) electrons. The van der Waals surface area contributed by atoms with Gasteiger partial charge in [0.1, 0.15) is 11.6 Å². The standard InChI is InChI=1S/C18H22N4O3/c1-18(2,3)25-17(24)21-14(12-13-8-5-4-6-9-13)15(23)22-16-19-10-7-11-20-16/h4-11,14H,12H2,1-3H3,(H,21,24)(H,19,20,22,23)/t14-/m0/s1. The Kier molecular flexibility index (Phi) is 6.05. The molecule has 7 nitrogen and oxygen atoms in total. The minimum atomic E-state index is -0.818. The summed E-state index contributed by atoms with van der Waals surface area (Å²) in [5.41, 5.74) is 0.258. The molecule has 25 heavy (non-hydrogen) atoms. The Morgan fingerprint density at radius 2 is 1.72 bits per heavy atom. The number of benzene rings is 1. The van der Waals surface area contributed by atoms with Crippen LogP contribution in [-0.4, -0.2) is 33.6 Å². The van der Waals surface area contributed by atoms with Crippen molar-refractivity contribution in [3.63, 3.8) is 0 Å². The molecule has 1 aromatic carbocycles. The fraction of sp³-hybridized carbons (Fsp3) is 0.333. The molecule has 1 heterocycles. The second-order valence-corrected chi connectivity index (χ2v) is 6.45. The average molecular weight is 342 g/mol. The first-order valence-electron chi connectivity index (χ1n) is 7.95. The lowest BCUT2D eigenvalue weighted by Crippen LogP contribution is -2.47. The van der Waals surface area contributed by atoms with Crippen molar-refractivity contribution in [1.29, 1.82) is 0 Å². The van der Waals surface area contributed by atoms with Crippen LogP contribution in [0.4, 0.5) is 10.7 Å². The van der Waals surface area contributed by atoms with Gasteiger partial charge in [0, 0.05) is 18.8 Å². The fourth-order valence-corrected chi connectivity index (χ4v) is 2.07. The molecule has 2 aromatic rings. The van der Waals surface area contributed by atoms with E-state index < -0.39 is 23.6 Å². The molecule has 0 unspecified atom stereocenters. The molecule has 1 aromatic heterocycles. The van der Waals surface area contributed by atoms with Crippen LogP contribution >= 0.6 is 0 Å². The molecular weight excluding hydrogens is 320 g/mol. The van der Waals surface area contributed by atoms with Gasteiger partial charge in [0.2, 0.25) is 11.9 Å². The van der Waals surface area contributed by atoms with Crippen LogP contribution in [0.3, 0.4) is 0 Å². The smallest absolute Gasteiger partial charge is 0.408 e. The van der Waals surface area contributed by atoms with Crippen molar-refractivity contribution < 1.29 is 14.3 Å². The number of hydrogen-bond donors (Lipinski definition) is 2. The van der Waals surface area contributed by atoms with Gasteiger partial charge in [-0.1, -0.05) is 30.3 Å². The van der Waals surface area contributed by atoms with E-state index in [1.54, 1.807) is 26.8 Å². The van der Waals surface area contributed by atoms with E-state index in [2.05, 4.69) is 20.6 Å². The number of amides is 2. The minimum absolute atomic E-state index is 0.177. The van der Waals surface area contributed by atoms with Crippen LogP contribution in [0.5, 0.6) is 0 Å². The molecular formula is C18H22N4O3. The normalized spacial score (nSPS) is 12.1. The van der Waals surface area contributed by atoms with Gasteiger partial charge in [-0.05, 0) is 32.4 Å². The zero-order chi connectivity index (χ0) is 18.3. The highest BCUT2D eigenvalue weighted by Crippen LogP contribution is 2.09. The van der Waals surface area contributed by atoms with Crippen LogP contribution in [0.1, 0.15) is 26.3 Å². The van der Waals surface area contributed by atoms with Gasteiger partial charge in [0.05, 0.1) is 0 Å². The number of ether oxygens (including phenoxy) is 1. The van der Waals surface area contributed by atoms with Crippen molar-refractivity contribution in [1.82, 2.24) is 15.3 Å². The number of anilines is 1. The molecule has 0 spiro atoms. The fourth-order valence-electron chi connectivity index (χ4n) is 2.07. The quantitative estimate of drug-likeness (QED) is 0.871. The second-order valence-electron chi connectivity index (χ2n) is 6.45. The summed E-state index contributed by atoms with van der Waals surface area (Å²) < 4.78 is 5.24. The first-order valence-corrected chi connectivity index (χ1v) is 7.95. The number of alkyl carbamates (subject to hydrolysis) is 1. The molecule has 2 N–H and O–H groups in total. The van der Waals surface area contributed by atoms with E-state index >= 15 is 0 Å². The molecule has 0 saturated heterocycles. The summed E-state index contributed by atoms with van der Waals surface area (Å²) in [6.45, 7) is 5.28. The Hall–Kier alpha value is -2.96. The summed E-state index contributed by atoms with van der Waals surface area (Å²) in [6, 6.07) is 10.2. The van der Waals surface area contributed by atoms with Crippen molar-refractivity contribution in [3.8, 4) is 0 Å². The number of rotatable bonds is 5. The molecule has 2 rings (SSSR count). The molecule has 0 aliphatic carbocycles. The molecule has 132 valence electrons. The second kappa shape index (κ2) is 8.23. The number of carbonyl (C=O) groups is 2. The van der Waals surface area contributed by atoms with Crippen LogP contribution in [0.25, 0.3) is 0 Å². The van der Waals surface area contributed by atoms with Gasteiger partial charge < -0.3 is 10.1 Å². The van der Waals surface area contributed by atoms with Crippen molar-refractivity contribution in [2.45, 2.75) is 38.8 Å².